The van der Waals surface area contributed by atoms with Gasteiger partial charge in [-0.15, -0.1) is 0 Å². The fraction of sp³-hybridized carbons (Fsp3) is 0.500. The molecular formula is C18H26O4. The number of carbonyl (C=O) groups is 1. The van der Waals surface area contributed by atoms with Crippen LogP contribution >= 0.6 is 0 Å². The number of hydrogen-bond donors (Lipinski definition) is 1. The predicted molar refractivity (Wildman–Crippen MR) is 88.0 cm³/mol. The Hall–Kier alpha value is -1.97. The zero-order chi connectivity index (χ0) is 16.2. The lowest BCUT2D eigenvalue weighted by Gasteiger charge is -2.12. The molecule has 1 aromatic rings. The van der Waals surface area contributed by atoms with E-state index < -0.39 is 5.97 Å². The zero-order valence-corrected chi connectivity index (χ0v) is 13.3. The Morgan fingerprint density at radius 2 is 1.86 bits per heavy atom. The van der Waals surface area contributed by atoms with Crippen LogP contribution in [0.15, 0.2) is 30.9 Å². The summed E-state index contributed by atoms with van der Waals surface area (Å²) >= 11 is 0. The van der Waals surface area contributed by atoms with E-state index >= 15 is 0 Å². The summed E-state index contributed by atoms with van der Waals surface area (Å²) in [5.41, 5.74) is 0.186. The molecule has 4 heteroatoms. The van der Waals surface area contributed by atoms with Crippen LogP contribution < -0.4 is 9.47 Å². The Morgan fingerprint density at radius 1 is 1.14 bits per heavy atom. The van der Waals surface area contributed by atoms with Gasteiger partial charge in [0.1, 0.15) is 6.61 Å². The van der Waals surface area contributed by atoms with Gasteiger partial charge >= 0.3 is 5.97 Å². The average Bonchev–Trinajstić information content (AvgIpc) is 2.52. The smallest absolute Gasteiger partial charge is 0.335 e. The van der Waals surface area contributed by atoms with Crippen LogP contribution in [0.3, 0.4) is 0 Å². The molecule has 0 unspecified atom stereocenters. The van der Waals surface area contributed by atoms with Crippen molar-refractivity contribution in [3.05, 3.63) is 36.4 Å². The van der Waals surface area contributed by atoms with Gasteiger partial charge in [0.15, 0.2) is 11.5 Å². The molecule has 4 nitrogen and oxygen atoms in total. The molecule has 1 N–H and O–H groups in total. The number of benzene rings is 1. The molecule has 0 amide bonds. The Kier molecular flexibility index (Phi) is 8.80. The summed E-state index contributed by atoms with van der Waals surface area (Å²) in [7, 11) is 0. The van der Waals surface area contributed by atoms with E-state index in [1.54, 1.807) is 12.1 Å². The quantitative estimate of drug-likeness (QED) is 0.449. The van der Waals surface area contributed by atoms with Gasteiger partial charge in [-0.25, -0.2) is 4.79 Å². The predicted octanol–water partition coefficient (Wildman–Crippen LogP) is 4.69. The molecule has 0 heterocycles. The third-order valence-electron chi connectivity index (χ3n) is 3.30. The van der Waals surface area contributed by atoms with Gasteiger partial charge in [0.05, 0.1) is 12.2 Å². The molecule has 0 saturated carbocycles. The lowest BCUT2D eigenvalue weighted by Crippen LogP contribution is -2.04. The highest BCUT2D eigenvalue weighted by molar-refractivity contribution is 5.88. The maximum absolute atomic E-state index is 11.0. The topological polar surface area (TPSA) is 55.8 Å². The average molecular weight is 306 g/mol. The van der Waals surface area contributed by atoms with Gasteiger partial charge < -0.3 is 14.6 Å². The summed E-state index contributed by atoms with van der Waals surface area (Å²) in [5.74, 6) is 0.0529. The van der Waals surface area contributed by atoms with Crippen molar-refractivity contribution >= 4 is 5.97 Å². The summed E-state index contributed by atoms with van der Waals surface area (Å²) in [6.07, 6.45) is 8.80. The monoisotopic (exact) mass is 306 g/mol. The maximum Gasteiger partial charge on any atom is 0.335 e. The van der Waals surface area contributed by atoms with Crippen molar-refractivity contribution in [3.8, 4) is 11.5 Å². The summed E-state index contributed by atoms with van der Waals surface area (Å²) in [6, 6.07) is 4.67. The number of hydrogen-bond acceptors (Lipinski definition) is 3. The van der Waals surface area contributed by atoms with Crippen LogP contribution in [-0.4, -0.2) is 24.3 Å². The minimum Gasteiger partial charge on any atom is -0.490 e. The van der Waals surface area contributed by atoms with Crippen LogP contribution in [0.5, 0.6) is 11.5 Å². The van der Waals surface area contributed by atoms with Gasteiger partial charge in [-0.3, -0.25) is 0 Å². The Balaban J connectivity index is 2.49. The van der Waals surface area contributed by atoms with E-state index in [0.29, 0.717) is 24.7 Å². The molecule has 0 saturated heterocycles. The van der Waals surface area contributed by atoms with Gasteiger partial charge in [0.25, 0.3) is 0 Å². The molecule has 0 atom stereocenters. The second kappa shape index (κ2) is 10.7. The first-order valence-corrected chi connectivity index (χ1v) is 7.92. The minimum absolute atomic E-state index is 0.186. The van der Waals surface area contributed by atoms with Gasteiger partial charge in [-0.2, -0.15) is 0 Å². The molecule has 1 rings (SSSR count). The van der Waals surface area contributed by atoms with Crippen molar-refractivity contribution in [1.82, 2.24) is 0 Å². The van der Waals surface area contributed by atoms with Crippen LogP contribution in [0.2, 0.25) is 0 Å². The molecule has 1 aromatic carbocycles. The first kappa shape index (κ1) is 18.1. The molecule has 122 valence electrons. The standard InChI is InChI=1S/C18H26O4/c1-3-5-6-7-8-9-13-22-16-11-10-15(18(19)20)14-17(16)21-12-4-2/h4,10-11,14H,2-3,5-9,12-13H2,1H3,(H,19,20). The normalized spacial score (nSPS) is 10.2. The molecule has 0 fully saturated rings. The second-order valence-electron chi connectivity index (χ2n) is 5.18. The molecule has 0 aromatic heterocycles. The van der Waals surface area contributed by atoms with Crippen LogP contribution in [0.4, 0.5) is 0 Å². The Labute approximate surface area is 132 Å². The zero-order valence-electron chi connectivity index (χ0n) is 13.3. The molecule has 0 aliphatic carbocycles. The van der Waals surface area contributed by atoms with E-state index in [1.165, 1.54) is 37.8 Å². The number of carboxylic acids is 1. The SMILES string of the molecule is C=CCOc1cc(C(=O)O)ccc1OCCCCCCCC. The van der Waals surface area contributed by atoms with Gasteiger partial charge in [-0.1, -0.05) is 51.7 Å². The van der Waals surface area contributed by atoms with Crippen LogP contribution in [-0.2, 0) is 0 Å². The maximum atomic E-state index is 11.0. The highest BCUT2D eigenvalue weighted by Gasteiger charge is 2.10. The Bertz CT molecular complexity index is 468. The van der Waals surface area contributed by atoms with E-state index in [0.717, 1.165) is 12.8 Å². The van der Waals surface area contributed by atoms with E-state index in [1.807, 2.05) is 0 Å². The van der Waals surface area contributed by atoms with Crippen molar-refractivity contribution in [2.75, 3.05) is 13.2 Å². The summed E-state index contributed by atoms with van der Waals surface area (Å²) in [5, 5.41) is 9.03. The Morgan fingerprint density at radius 3 is 2.55 bits per heavy atom. The first-order chi connectivity index (χ1) is 10.7. The largest absolute Gasteiger partial charge is 0.490 e. The van der Waals surface area contributed by atoms with Crippen molar-refractivity contribution in [2.24, 2.45) is 0 Å². The first-order valence-electron chi connectivity index (χ1n) is 7.92. The number of ether oxygens (including phenoxy) is 2. The van der Waals surface area contributed by atoms with Crippen molar-refractivity contribution in [1.29, 1.82) is 0 Å². The fourth-order valence-corrected chi connectivity index (χ4v) is 2.09. The molecule has 0 aliphatic heterocycles. The van der Waals surface area contributed by atoms with Gasteiger partial charge in [0, 0.05) is 0 Å². The van der Waals surface area contributed by atoms with Crippen molar-refractivity contribution in [3.63, 3.8) is 0 Å². The summed E-state index contributed by atoms with van der Waals surface area (Å²) in [6.45, 7) is 6.72. The molecule has 0 bridgehead atoms. The number of carboxylic acid groups (broad SMARTS) is 1. The molecule has 0 aliphatic rings. The highest BCUT2D eigenvalue weighted by atomic mass is 16.5. The number of unbranched alkanes of at least 4 members (excludes halogenated alkanes) is 5. The number of aromatic carboxylic acids is 1. The van der Waals surface area contributed by atoms with E-state index in [-0.39, 0.29) is 5.56 Å². The fourth-order valence-electron chi connectivity index (χ4n) is 2.09. The number of rotatable bonds is 12. The van der Waals surface area contributed by atoms with Gasteiger partial charge in [0.2, 0.25) is 0 Å². The van der Waals surface area contributed by atoms with E-state index in [9.17, 15) is 4.79 Å². The molecule has 0 radical (unpaired) electrons. The summed E-state index contributed by atoms with van der Waals surface area (Å²) < 4.78 is 11.2. The van der Waals surface area contributed by atoms with Crippen LogP contribution in [0, 0.1) is 0 Å². The lowest BCUT2D eigenvalue weighted by atomic mass is 10.1. The third-order valence-corrected chi connectivity index (χ3v) is 3.30. The second-order valence-corrected chi connectivity index (χ2v) is 5.18. The molecule has 0 spiro atoms. The van der Waals surface area contributed by atoms with Crippen molar-refractivity contribution in [2.45, 2.75) is 45.4 Å². The van der Waals surface area contributed by atoms with Crippen molar-refractivity contribution < 1.29 is 19.4 Å². The van der Waals surface area contributed by atoms with Crippen LogP contribution in [0.1, 0.15) is 55.8 Å². The highest BCUT2D eigenvalue weighted by Crippen LogP contribution is 2.29. The molecular weight excluding hydrogens is 280 g/mol. The summed E-state index contributed by atoms with van der Waals surface area (Å²) in [4.78, 5) is 11.0. The molecule has 22 heavy (non-hydrogen) atoms. The van der Waals surface area contributed by atoms with Gasteiger partial charge in [-0.05, 0) is 24.6 Å². The van der Waals surface area contributed by atoms with E-state index in [4.69, 9.17) is 14.6 Å². The minimum atomic E-state index is -0.981. The van der Waals surface area contributed by atoms with E-state index in [2.05, 4.69) is 13.5 Å². The third kappa shape index (κ3) is 6.66. The van der Waals surface area contributed by atoms with Crippen LogP contribution in [0.25, 0.3) is 0 Å². The lowest BCUT2D eigenvalue weighted by molar-refractivity contribution is 0.0696.